The maximum absolute atomic E-state index is 10.6. The Hall–Kier alpha value is -1.88. The molecule has 0 bridgehead atoms. The minimum atomic E-state index is -1.08. The van der Waals surface area contributed by atoms with Gasteiger partial charge in [0.1, 0.15) is 18.0 Å². The van der Waals surface area contributed by atoms with E-state index in [0.717, 1.165) is 17.9 Å². The number of hydrogen-bond acceptors (Lipinski definition) is 5. The first kappa shape index (κ1) is 22.2. The minimum absolute atomic E-state index is 0. The van der Waals surface area contributed by atoms with Crippen LogP contribution in [0, 0.1) is 0 Å². The highest BCUT2D eigenvalue weighted by atomic mass is 127. The summed E-state index contributed by atoms with van der Waals surface area (Å²) < 4.78 is 7.24. The van der Waals surface area contributed by atoms with E-state index >= 15 is 0 Å². The number of nitrogens with one attached hydrogen (secondary N) is 2. The number of aryl methyl sites for hydroxylation is 1. The topological polar surface area (TPSA) is 96.6 Å². The highest BCUT2D eigenvalue weighted by Crippen LogP contribution is 2.19. The Bertz CT molecular complexity index is 675. The third-order valence-electron chi connectivity index (χ3n) is 3.51. The number of halogens is 1. The smallest absolute Gasteiger partial charge is 0.191 e. The van der Waals surface area contributed by atoms with Crippen LogP contribution >= 0.6 is 24.0 Å². The molecule has 0 aliphatic rings. The summed E-state index contributed by atoms with van der Waals surface area (Å²) in [5.74, 6) is 1.35. The summed E-state index contributed by atoms with van der Waals surface area (Å²) in [5.41, 5.74) is -0.350. The molecule has 8 nitrogen and oxygen atoms in total. The van der Waals surface area contributed by atoms with Crippen molar-refractivity contribution in [3.8, 4) is 5.75 Å². The van der Waals surface area contributed by atoms with Crippen LogP contribution in [0.2, 0.25) is 0 Å². The van der Waals surface area contributed by atoms with Crippen molar-refractivity contribution < 1.29 is 9.84 Å². The predicted molar refractivity (Wildman–Crippen MR) is 112 cm³/mol. The molecule has 0 saturated carbocycles. The Kier molecular flexibility index (Phi) is 9.35. The number of ether oxygens (including phenoxy) is 1. The first-order valence-corrected chi connectivity index (χ1v) is 8.28. The van der Waals surface area contributed by atoms with Crippen LogP contribution in [-0.2, 0) is 12.6 Å². The maximum Gasteiger partial charge on any atom is 0.191 e. The van der Waals surface area contributed by atoms with E-state index in [1.165, 1.54) is 0 Å². The molecule has 2 aromatic heterocycles. The van der Waals surface area contributed by atoms with E-state index in [0.29, 0.717) is 19.1 Å². The van der Waals surface area contributed by atoms with Gasteiger partial charge in [0.25, 0.3) is 0 Å². The van der Waals surface area contributed by atoms with Crippen LogP contribution in [0.1, 0.15) is 19.4 Å². The van der Waals surface area contributed by atoms with Gasteiger partial charge in [-0.15, -0.1) is 24.0 Å². The van der Waals surface area contributed by atoms with Crippen molar-refractivity contribution >= 4 is 29.9 Å². The van der Waals surface area contributed by atoms with E-state index < -0.39 is 5.60 Å². The van der Waals surface area contributed by atoms with Gasteiger partial charge in [-0.05, 0) is 26.0 Å². The molecule has 0 aliphatic heterocycles. The molecule has 1 atom stereocenters. The molecule has 144 valence electrons. The Morgan fingerprint density at radius 2 is 2.19 bits per heavy atom. The van der Waals surface area contributed by atoms with Crippen molar-refractivity contribution in [2.24, 2.45) is 12.0 Å². The second-order valence-corrected chi connectivity index (χ2v) is 5.84. The molecule has 0 saturated heterocycles. The average Bonchev–Trinajstić information content (AvgIpc) is 3.05. The summed E-state index contributed by atoms with van der Waals surface area (Å²) in [6.45, 7) is 5.72. The van der Waals surface area contributed by atoms with Gasteiger partial charge < -0.3 is 20.5 Å². The van der Waals surface area contributed by atoms with Crippen molar-refractivity contribution in [2.75, 3.05) is 26.2 Å². The van der Waals surface area contributed by atoms with Crippen molar-refractivity contribution in [3.63, 3.8) is 0 Å². The molecule has 2 heterocycles. The van der Waals surface area contributed by atoms with Crippen LogP contribution < -0.4 is 15.4 Å². The maximum atomic E-state index is 10.6. The molecule has 1 unspecified atom stereocenters. The van der Waals surface area contributed by atoms with Crippen LogP contribution in [0.25, 0.3) is 0 Å². The van der Waals surface area contributed by atoms with Crippen molar-refractivity contribution in [3.05, 3.63) is 42.5 Å². The molecule has 0 fully saturated rings. The lowest BCUT2D eigenvalue weighted by Gasteiger charge is -2.20. The summed E-state index contributed by atoms with van der Waals surface area (Å²) in [5, 5.41) is 21.0. The molecule has 2 aromatic rings. The highest BCUT2D eigenvalue weighted by molar-refractivity contribution is 14.0. The summed E-state index contributed by atoms with van der Waals surface area (Å²) in [6.07, 6.45) is 6.81. The molecule has 2 rings (SSSR count). The lowest BCUT2D eigenvalue weighted by Crippen LogP contribution is -2.40. The van der Waals surface area contributed by atoms with Gasteiger partial charge in [-0.1, -0.05) is 0 Å². The van der Waals surface area contributed by atoms with E-state index in [2.05, 4.69) is 25.7 Å². The summed E-state index contributed by atoms with van der Waals surface area (Å²) in [4.78, 5) is 8.45. The molecule has 0 aromatic carbocycles. The van der Waals surface area contributed by atoms with Crippen molar-refractivity contribution in [2.45, 2.75) is 19.4 Å². The SMILES string of the molecule is CCNC(=NCC(C)(O)c1cnn(C)c1)NCCOc1cccnc1.I. The number of hydrogen-bond donors (Lipinski definition) is 3. The van der Waals surface area contributed by atoms with Gasteiger partial charge in [-0.25, -0.2) is 4.99 Å². The Morgan fingerprint density at radius 1 is 1.38 bits per heavy atom. The number of pyridine rings is 1. The molecule has 9 heteroatoms. The molecule has 0 radical (unpaired) electrons. The van der Waals surface area contributed by atoms with Crippen LogP contribution in [0.4, 0.5) is 0 Å². The lowest BCUT2D eigenvalue weighted by atomic mass is 10.0. The quantitative estimate of drug-likeness (QED) is 0.231. The fraction of sp³-hybridized carbons (Fsp3) is 0.471. The molecular weight excluding hydrogens is 447 g/mol. The van der Waals surface area contributed by atoms with Gasteiger partial charge in [-0.2, -0.15) is 5.10 Å². The summed E-state index contributed by atoms with van der Waals surface area (Å²) >= 11 is 0. The number of nitrogens with zero attached hydrogens (tertiary/aromatic N) is 4. The highest BCUT2D eigenvalue weighted by Gasteiger charge is 2.24. The second-order valence-electron chi connectivity index (χ2n) is 5.84. The molecule has 26 heavy (non-hydrogen) atoms. The fourth-order valence-corrected chi connectivity index (χ4v) is 2.14. The molecule has 0 amide bonds. The zero-order valence-corrected chi connectivity index (χ0v) is 17.7. The largest absolute Gasteiger partial charge is 0.490 e. The van der Waals surface area contributed by atoms with Gasteiger partial charge in [0, 0.05) is 31.5 Å². The lowest BCUT2D eigenvalue weighted by molar-refractivity contribution is 0.0672. The number of rotatable bonds is 8. The van der Waals surface area contributed by atoms with E-state index in [-0.39, 0.29) is 30.5 Å². The minimum Gasteiger partial charge on any atom is -0.490 e. The summed E-state index contributed by atoms with van der Waals surface area (Å²) in [6, 6.07) is 3.69. The van der Waals surface area contributed by atoms with Crippen LogP contribution in [0.5, 0.6) is 5.75 Å². The Morgan fingerprint density at radius 3 is 2.81 bits per heavy atom. The monoisotopic (exact) mass is 474 g/mol. The van der Waals surface area contributed by atoms with Gasteiger partial charge in [-0.3, -0.25) is 9.67 Å². The van der Waals surface area contributed by atoms with E-state index in [9.17, 15) is 5.11 Å². The molecule has 3 N–H and O–H groups in total. The van der Waals surface area contributed by atoms with Crippen LogP contribution in [0.15, 0.2) is 41.9 Å². The first-order chi connectivity index (χ1) is 12.0. The first-order valence-electron chi connectivity index (χ1n) is 8.28. The Labute approximate surface area is 171 Å². The number of aliphatic imine (C=N–C) groups is 1. The fourth-order valence-electron chi connectivity index (χ4n) is 2.14. The standard InChI is InChI=1S/C17H26N6O2.HI/c1-4-19-16(20-8-9-25-15-6-5-7-18-11-15)21-13-17(2,24)14-10-22-23(3)12-14;/h5-7,10-12,24H,4,8-9,13H2,1-3H3,(H2,19,20,21);1H. The van der Waals surface area contributed by atoms with Gasteiger partial charge in [0.15, 0.2) is 5.96 Å². The average molecular weight is 474 g/mol. The van der Waals surface area contributed by atoms with Gasteiger partial charge in [0.05, 0.1) is 25.5 Å². The Balaban J connectivity index is 0.00000338. The molecular formula is C17H27IN6O2. The van der Waals surface area contributed by atoms with Gasteiger partial charge in [0.2, 0.25) is 0 Å². The van der Waals surface area contributed by atoms with E-state index in [1.54, 1.807) is 36.4 Å². The van der Waals surface area contributed by atoms with Crippen LogP contribution in [-0.4, -0.2) is 52.1 Å². The van der Waals surface area contributed by atoms with Crippen molar-refractivity contribution in [1.29, 1.82) is 0 Å². The number of guanidine groups is 1. The normalized spacial score (nSPS) is 13.5. The number of aliphatic hydroxyl groups is 1. The third-order valence-corrected chi connectivity index (χ3v) is 3.51. The van der Waals surface area contributed by atoms with Crippen LogP contribution in [0.3, 0.4) is 0 Å². The molecule has 0 aliphatic carbocycles. The second kappa shape index (κ2) is 11.0. The van der Waals surface area contributed by atoms with Gasteiger partial charge >= 0.3 is 0 Å². The van der Waals surface area contributed by atoms with E-state index in [4.69, 9.17) is 4.74 Å². The zero-order valence-electron chi connectivity index (χ0n) is 15.3. The predicted octanol–water partition coefficient (Wildman–Crippen LogP) is 1.27. The molecule has 0 spiro atoms. The van der Waals surface area contributed by atoms with Crippen molar-refractivity contribution in [1.82, 2.24) is 25.4 Å². The zero-order chi connectivity index (χ0) is 18.1. The summed E-state index contributed by atoms with van der Waals surface area (Å²) in [7, 11) is 1.82. The third kappa shape index (κ3) is 7.16. The van der Waals surface area contributed by atoms with E-state index in [1.807, 2.05) is 26.1 Å². The number of aromatic nitrogens is 3.